The monoisotopic (exact) mass is 260 g/mol. The number of aliphatic hydroxyl groups excluding tert-OH is 1. The molecule has 3 aliphatic rings. The minimum absolute atomic E-state index is 0.0300. The Balaban J connectivity index is 2.07. The molecule has 0 spiro atoms. The third kappa shape index (κ3) is 1.56. The Morgan fingerprint density at radius 1 is 1.11 bits per heavy atom. The lowest BCUT2D eigenvalue weighted by Gasteiger charge is -2.25. The van der Waals surface area contributed by atoms with Gasteiger partial charge < -0.3 is 9.84 Å². The zero-order valence-electron chi connectivity index (χ0n) is 10.6. The van der Waals surface area contributed by atoms with Crippen molar-refractivity contribution in [2.75, 3.05) is 0 Å². The molecule has 0 amide bonds. The van der Waals surface area contributed by atoms with Crippen molar-refractivity contribution in [1.82, 2.24) is 0 Å². The molecular formula is C15H16O4. The summed E-state index contributed by atoms with van der Waals surface area (Å²) >= 11 is 0. The van der Waals surface area contributed by atoms with E-state index in [0.717, 1.165) is 0 Å². The highest BCUT2D eigenvalue weighted by atomic mass is 16.6. The van der Waals surface area contributed by atoms with Crippen LogP contribution in [0.3, 0.4) is 0 Å². The molecule has 4 nitrogen and oxygen atoms in total. The first-order chi connectivity index (χ1) is 8.91. The van der Waals surface area contributed by atoms with Crippen molar-refractivity contribution in [3.63, 3.8) is 0 Å². The van der Waals surface area contributed by atoms with Crippen molar-refractivity contribution in [3.8, 4) is 0 Å². The lowest BCUT2D eigenvalue weighted by Crippen LogP contribution is -2.28. The van der Waals surface area contributed by atoms with Crippen LogP contribution in [-0.4, -0.2) is 29.1 Å². The van der Waals surface area contributed by atoms with Gasteiger partial charge in [0.05, 0.1) is 6.10 Å². The Kier molecular flexibility index (Phi) is 2.54. The molecule has 0 unspecified atom stereocenters. The molecule has 0 radical (unpaired) electrons. The molecular weight excluding hydrogens is 244 g/mol. The average Bonchev–Trinajstić information content (AvgIpc) is 2.77. The van der Waals surface area contributed by atoms with Crippen molar-refractivity contribution in [2.24, 2.45) is 17.8 Å². The minimum atomic E-state index is -0.729. The van der Waals surface area contributed by atoms with Gasteiger partial charge in [0.25, 0.3) is 0 Å². The van der Waals surface area contributed by atoms with Gasteiger partial charge in [0.2, 0.25) is 0 Å². The second-order valence-corrected chi connectivity index (χ2v) is 5.61. The molecule has 3 fully saturated rings. The van der Waals surface area contributed by atoms with Gasteiger partial charge in [0, 0.05) is 23.8 Å². The molecule has 0 aromatic carbocycles. The van der Waals surface area contributed by atoms with Gasteiger partial charge in [-0.05, 0) is 23.5 Å². The Hall–Kier alpha value is -1.68. The maximum Gasteiger partial charge on any atom is 0.334 e. The van der Waals surface area contributed by atoms with Gasteiger partial charge in [0.1, 0.15) is 6.10 Å². The SMILES string of the molecule is C=C1C(=O)C[C@@H]2C(=C)[C@@H](O)C[C@H]3C(=C)C(=O)O[C@@H]3[C@@H]12. The van der Waals surface area contributed by atoms with Crippen molar-refractivity contribution in [1.29, 1.82) is 0 Å². The van der Waals surface area contributed by atoms with Gasteiger partial charge in [-0.3, -0.25) is 4.79 Å². The third-order valence-corrected chi connectivity index (χ3v) is 4.68. The molecule has 0 aromatic heterocycles. The predicted molar refractivity (Wildman–Crippen MR) is 68.0 cm³/mol. The number of rotatable bonds is 0. The highest BCUT2D eigenvalue weighted by Gasteiger charge is 2.54. The van der Waals surface area contributed by atoms with E-state index in [0.29, 0.717) is 29.6 Å². The van der Waals surface area contributed by atoms with Crippen molar-refractivity contribution in [3.05, 3.63) is 36.5 Å². The molecule has 0 bridgehead atoms. The first-order valence-electron chi connectivity index (χ1n) is 6.40. The highest BCUT2D eigenvalue weighted by Crippen LogP contribution is 2.50. The third-order valence-electron chi connectivity index (χ3n) is 4.68. The number of ketones is 1. The zero-order valence-corrected chi connectivity index (χ0v) is 10.6. The Morgan fingerprint density at radius 2 is 1.79 bits per heavy atom. The summed E-state index contributed by atoms with van der Waals surface area (Å²) in [5, 5.41) is 10.2. The first-order valence-corrected chi connectivity index (χ1v) is 6.40. The molecule has 1 saturated heterocycles. The lowest BCUT2D eigenvalue weighted by atomic mass is 9.82. The van der Waals surface area contributed by atoms with Crippen LogP contribution in [0.2, 0.25) is 0 Å². The summed E-state index contributed by atoms with van der Waals surface area (Å²) in [6.07, 6.45) is -0.486. The number of esters is 1. The molecule has 1 N–H and O–H groups in total. The van der Waals surface area contributed by atoms with E-state index in [2.05, 4.69) is 19.7 Å². The van der Waals surface area contributed by atoms with Crippen LogP contribution in [0.5, 0.6) is 0 Å². The van der Waals surface area contributed by atoms with E-state index in [1.807, 2.05) is 0 Å². The first kappa shape index (κ1) is 12.4. The van der Waals surface area contributed by atoms with Gasteiger partial charge in [-0.2, -0.15) is 0 Å². The summed E-state index contributed by atoms with van der Waals surface area (Å²) in [4.78, 5) is 23.5. The fourth-order valence-corrected chi connectivity index (χ4v) is 3.55. The van der Waals surface area contributed by atoms with Crippen LogP contribution in [0, 0.1) is 17.8 Å². The average molecular weight is 260 g/mol. The number of ether oxygens (including phenoxy) is 1. The quantitative estimate of drug-likeness (QED) is 0.403. The topological polar surface area (TPSA) is 63.6 Å². The van der Waals surface area contributed by atoms with Crippen LogP contribution in [-0.2, 0) is 14.3 Å². The zero-order chi connectivity index (χ0) is 13.9. The van der Waals surface area contributed by atoms with E-state index in [-0.39, 0.29) is 23.5 Å². The van der Waals surface area contributed by atoms with Crippen LogP contribution >= 0.6 is 0 Å². The molecule has 1 heterocycles. The Labute approximate surface area is 111 Å². The number of fused-ring (bicyclic) bond motifs is 3. The number of hydrogen-bond acceptors (Lipinski definition) is 4. The molecule has 1 aliphatic heterocycles. The number of Topliss-reactive ketones (excluding diaryl/α,β-unsaturated/α-hetero) is 1. The highest BCUT2D eigenvalue weighted by molar-refractivity contribution is 5.99. The van der Waals surface area contributed by atoms with Crippen molar-refractivity contribution < 1.29 is 19.4 Å². The number of carbonyl (C=O) groups is 2. The maximum atomic E-state index is 11.9. The molecule has 19 heavy (non-hydrogen) atoms. The lowest BCUT2D eigenvalue weighted by molar-refractivity contribution is -0.141. The normalized spacial score (nSPS) is 41.9. The summed E-state index contributed by atoms with van der Waals surface area (Å²) in [5.41, 5.74) is 1.51. The number of hydrogen-bond donors (Lipinski definition) is 1. The maximum absolute atomic E-state index is 11.9. The van der Waals surface area contributed by atoms with Gasteiger partial charge in [-0.25, -0.2) is 4.79 Å². The van der Waals surface area contributed by atoms with Gasteiger partial charge in [0.15, 0.2) is 5.78 Å². The van der Waals surface area contributed by atoms with Gasteiger partial charge in [-0.1, -0.05) is 19.7 Å². The van der Waals surface area contributed by atoms with E-state index in [1.54, 1.807) is 0 Å². The second-order valence-electron chi connectivity index (χ2n) is 5.61. The van der Waals surface area contributed by atoms with Crippen molar-refractivity contribution >= 4 is 11.8 Å². The largest absolute Gasteiger partial charge is 0.458 e. The molecule has 5 atom stereocenters. The van der Waals surface area contributed by atoms with E-state index < -0.39 is 18.2 Å². The van der Waals surface area contributed by atoms with Crippen LogP contribution in [0.4, 0.5) is 0 Å². The number of aliphatic hydroxyl groups is 1. The molecule has 2 saturated carbocycles. The van der Waals surface area contributed by atoms with Crippen LogP contribution in [0.25, 0.3) is 0 Å². The Morgan fingerprint density at radius 3 is 2.47 bits per heavy atom. The molecule has 3 rings (SSSR count). The minimum Gasteiger partial charge on any atom is -0.458 e. The van der Waals surface area contributed by atoms with Gasteiger partial charge >= 0.3 is 5.97 Å². The van der Waals surface area contributed by atoms with E-state index in [4.69, 9.17) is 4.74 Å². The van der Waals surface area contributed by atoms with Crippen molar-refractivity contribution in [2.45, 2.75) is 25.0 Å². The molecule has 4 heteroatoms. The number of carbonyl (C=O) groups excluding carboxylic acids is 2. The van der Waals surface area contributed by atoms with Crippen LogP contribution in [0.1, 0.15) is 12.8 Å². The van der Waals surface area contributed by atoms with Crippen LogP contribution in [0.15, 0.2) is 36.5 Å². The smallest absolute Gasteiger partial charge is 0.334 e. The summed E-state index contributed by atoms with van der Waals surface area (Å²) in [7, 11) is 0. The summed E-state index contributed by atoms with van der Waals surface area (Å²) in [5.74, 6) is -1.15. The van der Waals surface area contributed by atoms with E-state index in [1.165, 1.54) is 0 Å². The summed E-state index contributed by atoms with van der Waals surface area (Å²) < 4.78 is 5.38. The molecule has 100 valence electrons. The summed E-state index contributed by atoms with van der Waals surface area (Å²) in [6.45, 7) is 11.5. The molecule has 2 aliphatic carbocycles. The predicted octanol–water partition coefficient (Wildman–Crippen LogP) is 1.17. The van der Waals surface area contributed by atoms with Crippen LogP contribution < -0.4 is 0 Å². The fourth-order valence-electron chi connectivity index (χ4n) is 3.55. The second kappa shape index (κ2) is 3.90. The summed E-state index contributed by atoms with van der Waals surface area (Å²) in [6, 6.07) is 0. The van der Waals surface area contributed by atoms with Gasteiger partial charge in [-0.15, -0.1) is 0 Å². The Bertz CT molecular complexity index is 530. The fraction of sp³-hybridized carbons (Fsp3) is 0.467. The standard InChI is InChI=1S/C15H16O4/c1-6-9-4-12(17)8(3)13(9)14-10(5-11(6)16)7(2)15(18)19-14/h9-11,13-14,16H,1-5H2/t9-,10+,11+,13+,14+/m1/s1. The van der Waals surface area contributed by atoms with E-state index >= 15 is 0 Å². The van der Waals surface area contributed by atoms with E-state index in [9.17, 15) is 14.7 Å². The molecule has 0 aromatic rings.